The van der Waals surface area contributed by atoms with Crippen molar-refractivity contribution in [3.8, 4) is 0 Å². The van der Waals surface area contributed by atoms with Gasteiger partial charge in [-0.15, -0.1) is 11.8 Å². The van der Waals surface area contributed by atoms with Crippen LogP contribution in [0.5, 0.6) is 0 Å². The van der Waals surface area contributed by atoms with Gasteiger partial charge in [-0.1, -0.05) is 65.2 Å². The van der Waals surface area contributed by atoms with E-state index >= 15 is 0 Å². The van der Waals surface area contributed by atoms with Crippen molar-refractivity contribution in [2.24, 2.45) is 0 Å². The number of hydrogen-bond acceptors (Lipinski definition) is 4. The molecule has 0 fully saturated rings. The Bertz CT molecular complexity index is 1610. The average Bonchev–Trinajstić information content (AvgIpc) is 2.95. The van der Waals surface area contributed by atoms with E-state index in [1.54, 1.807) is 60.7 Å². The summed E-state index contributed by atoms with van der Waals surface area (Å²) < 4.78 is 0. The van der Waals surface area contributed by atoms with Crippen LogP contribution in [0.15, 0.2) is 102 Å². The third-order valence-electron chi connectivity index (χ3n) is 5.93. The molecule has 0 aliphatic rings. The van der Waals surface area contributed by atoms with Crippen molar-refractivity contribution in [2.45, 2.75) is 18.7 Å². The second-order valence-corrected chi connectivity index (χ2v) is 11.1. The van der Waals surface area contributed by atoms with E-state index in [0.29, 0.717) is 26.9 Å². The highest BCUT2D eigenvalue weighted by atomic mass is 35.5. The number of anilines is 2. The summed E-state index contributed by atoms with van der Waals surface area (Å²) in [5, 5.41) is 9.21. The Morgan fingerprint density at radius 1 is 0.829 bits per heavy atom. The summed E-state index contributed by atoms with van der Waals surface area (Å²) in [6, 6.07) is 26.4. The molecule has 0 saturated carbocycles. The number of nitrogens with one attached hydrogen (secondary N) is 3. The first-order valence-electron chi connectivity index (χ1n) is 12.6. The van der Waals surface area contributed by atoms with Crippen LogP contribution >= 0.6 is 35.0 Å². The number of amides is 3. The van der Waals surface area contributed by atoms with E-state index in [1.165, 1.54) is 17.8 Å². The highest BCUT2D eigenvalue weighted by Crippen LogP contribution is 2.25. The molecule has 6 nitrogen and oxygen atoms in total. The van der Waals surface area contributed by atoms with Crippen LogP contribution in [-0.4, -0.2) is 23.5 Å². The van der Waals surface area contributed by atoms with E-state index in [0.717, 1.165) is 21.7 Å². The van der Waals surface area contributed by atoms with Crippen LogP contribution in [0.2, 0.25) is 10.0 Å². The number of carbonyl (C=O) groups is 3. The Morgan fingerprint density at radius 3 is 2.24 bits per heavy atom. The maximum Gasteiger partial charge on any atom is 0.272 e. The summed E-state index contributed by atoms with van der Waals surface area (Å²) in [5.74, 6) is -0.847. The molecule has 0 aromatic heterocycles. The predicted molar refractivity (Wildman–Crippen MR) is 169 cm³/mol. The molecule has 0 radical (unpaired) electrons. The zero-order valence-electron chi connectivity index (χ0n) is 22.3. The monoisotopic (exact) mass is 603 g/mol. The molecule has 0 unspecified atom stereocenters. The molecule has 41 heavy (non-hydrogen) atoms. The highest BCUT2D eigenvalue weighted by molar-refractivity contribution is 8.00. The lowest BCUT2D eigenvalue weighted by atomic mass is 10.1. The summed E-state index contributed by atoms with van der Waals surface area (Å²) in [4.78, 5) is 39.4. The first-order chi connectivity index (χ1) is 19.7. The number of halogens is 2. The van der Waals surface area contributed by atoms with Crippen molar-refractivity contribution in [1.29, 1.82) is 0 Å². The molecular weight excluding hydrogens is 577 g/mol. The minimum Gasteiger partial charge on any atom is -0.325 e. The fourth-order valence-electron chi connectivity index (χ4n) is 3.84. The summed E-state index contributed by atoms with van der Waals surface area (Å²) in [7, 11) is 0. The minimum absolute atomic E-state index is 0.00426. The molecule has 0 spiro atoms. The zero-order valence-corrected chi connectivity index (χ0v) is 24.7. The molecule has 0 bridgehead atoms. The largest absolute Gasteiger partial charge is 0.325 e. The lowest BCUT2D eigenvalue weighted by Crippen LogP contribution is -2.30. The number of benzene rings is 4. The second kappa shape index (κ2) is 14.0. The maximum absolute atomic E-state index is 13.3. The summed E-state index contributed by atoms with van der Waals surface area (Å²) in [5.41, 5.74) is 4.37. The van der Waals surface area contributed by atoms with E-state index < -0.39 is 11.8 Å². The first kappa shape index (κ1) is 29.9. The van der Waals surface area contributed by atoms with Gasteiger partial charge in [0.15, 0.2) is 0 Å². The van der Waals surface area contributed by atoms with Gasteiger partial charge in [-0.25, -0.2) is 0 Å². The van der Waals surface area contributed by atoms with Gasteiger partial charge in [-0.05, 0) is 85.6 Å². The lowest BCUT2D eigenvalue weighted by Gasteiger charge is -2.12. The molecular formula is C32H27Cl2N3O3S. The van der Waals surface area contributed by atoms with Crippen LogP contribution in [0.1, 0.15) is 27.0 Å². The van der Waals surface area contributed by atoms with Gasteiger partial charge in [0.05, 0.1) is 5.75 Å². The van der Waals surface area contributed by atoms with Crippen LogP contribution in [0.4, 0.5) is 11.4 Å². The third-order valence-corrected chi connectivity index (χ3v) is 7.50. The van der Waals surface area contributed by atoms with Gasteiger partial charge < -0.3 is 16.0 Å². The predicted octanol–water partition coefficient (Wildman–Crippen LogP) is 7.75. The quantitative estimate of drug-likeness (QED) is 0.135. The van der Waals surface area contributed by atoms with E-state index in [9.17, 15) is 14.4 Å². The molecule has 0 saturated heterocycles. The van der Waals surface area contributed by atoms with E-state index in [4.69, 9.17) is 23.2 Å². The topological polar surface area (TPSA) is 87.3 Å². The third kappa shape index (κ3) is 8.72. The van der Waals surface area contributed by atoms with Crippen molar-refractivity contribution >= 4 is 70.1 Å². The standard InChI is InChI=1S/C32H27Cl2N3O3S/c1-20-8-15-28(21(2)16-20)36-30(38)19-41-26-13-11-25(12-14-26)35-32(40)29(17-23-9-10-24(33)18-27(23)34)37-31(39)22-6-4-3-5-7-22/h3-18H,19H2,1-2H3,(H,35,40)(H,36,38)(H,37,39)/b29-17-. The summed E-state index contributed by atoms with van der Waals surface area (Å²) >= 11 is 13.7. The van der Waals surface area contributed by atoms with Crippen molar-refractivity contribution in [3.63, 3.8) is 0 Å². The molecule has 0 aliphatic heterocycles. The van der Waals surface area contributed by atoms with E-state index in [-0.39, 0.29) is 17.4 Å². The Balaban J connectivity index is 1.42. The van der Waals surface area contributed by atoms with Crippen LogP contribution in [0.3, 0.4) is 0 Å². The van der Waals surface area contributed by atoms with Gasteiger partial charge in [0.1, 0.15) is 5.70 Å². The molecule has 208 valence electrons. The van der Waals surface area contributed by atoms with Crippen LogP contribution in [0, 0.1) is 13.8 Å². The molecule has 4 aromatic carbocycles. The highest BCUT2D eigenvalue weighted by Gasteiger charge is 2.16. The Hall–Kier alpha value is -4.04. The molecule has 3 amide bonds. The number of carbonyl (C=O) groups excluding carboxylic acids is 3. The van der Waals surface area contributed by atoms with Gasteiger partial charge >= 0.3 is 0 Å². The molecule has 0 heterocycles. The van der Waals surface area contributed by atoms with Gasteiger partial charge in [0.25, 0.3) is 11.8 Å². The smallest absolute Gasteiger partial charge is 0.272 e. The van der Waals surface area contributed by atoms with Crippen molar-refractivity contribution in [2.75, 3.05) is 16.4 Å². The molecule has 4 aromatic rings. The Morgan fingerprint density at radius 2 is 1.56 bits per heavy atom. The fourth-order valence-corrected chi connectivity index (χ4v) is 5.00. The SMILES string of the molecule is Cc1ccc(NC(=O)CSc2ccc(NC(=O)/C(=C/c3ccc(Cl)cc3Cl)NC(=O)c3ccccc3)cc2)c(C)c1. The normalized spacial score (nSPS) is 11.1. The molecule has 4 rings (SSSR count). The summed E-state index contributed by atoms with van der Waals surface area (Å²) in [6.07, 6.45) is 1.49. The summed E-state index contributed by atoms with van der Waals surface area (Å²) in [6.45, 7) is 3.97. The van der Waals surface area contributed by atoms with Gasteiger partial charge in [-0.2, -0.15) is 0 Å². The van der Waals surface area contributed by atoms with Gasteiger partial charge in [0, 0.05) is 31.9 Å². The van der Waals surface area contributed by atoms with Gasteiger partial charge in [0.2, 0.25) is 5.91 Å². The lowest BCUT2D eigenvalue weighted by molar-refractivity contribution is -0.114. The average molecular weight is 605 g/mol. The number of aryl methyl sites for hydroxylation is 2. The minimum atomic E-state index is -0.534. The van der Waals surface area contributed by atoms with Crippen LogP contribution in [0.25, 0.3) is 6.08 Å². The van der Waals surface area contributed by atoms with Crippen molar-refractivity contribution < 1.29 is 14.4 Å². The van der Waals surface area contributed by atoms with Crippen molar-refractivity contribution in [3.05, 3.63) is 129 Å². The number of thioether (sulfide) groups is 1. The van der Waals surface area contributed by atoms with E-state index in [1.807, 2.05) is 44.2 Å². The first-order valence-corrected chi connectivity index (χ1v) is 14.4. The molecule has 9 heteroatoms. The zero-order chi connectivity index (χ0) is 29.4. The Labute approximate surface area is 253 Å². The van der Waals surface area contributed by atoms with Crippen LogP contribution < -0.4 is 16.0 Å². The molecule has 3 N–H and O–H groups in total. The van der Waals surface area contributed by atoms with E-state index in [2.05, 4.69) is 16.0 Å². The molecule has 0 aliphatic carbocycles. The number of hydrogen-bond donors (Lipinski definition) is 3. The number of rotatable bonds is 9. The molecule has 0 atom stereocenters. The van der Waals surface area contributed by atoms with Crippen molar-refractivity contribution in [1.82, 2.24) is 5.32 Å². The fraction of sp³-hybridized carbons (Fsp3) is 0.0938. The maximum atomic E-state index is 13.3. The second-order valence-electron chi connectivity index (χ2n) is 9.18. The van der Waals surface area contributed by atoms with Gasteiger partial charge in [-0.3, -0.25) is 14.4 Å². The Kier molecular flexibility index (Phi) is 10.2. The van der Waals surface area contributed by atoms with Crippen LogP contribution in [-0.2, 0) is 9.59 Å².